The van der Waals surface area contributed by atoms with Crippen LogP contribution in [0.15, 0.2) is 27.5 Å². The van der Waals surface area contributed by atoms with E-state index >= 15 is 0 Å². The summed E-state index contributed by atoms with van der Waals surface area (Å²) in [4.78, 5) is 3.88. The van der Waals surface area contributed by atoms with Gasteiger partial charge >= 0.3 is 0 Å². The van der Waals surface area contributed by atoms with Gasteiger partial charge in [0.2, 0.25) is 4.73 Å². The van der Waals surface area contributed by atoms with E-state index in [0.29, 0.717) is 15.9 Å². The number of hydrogen-bond acceptors (Lipinski definition) is 3. The molecular weight excluding hydrogens is 251 g/mol. The monoisotopic (exact) mass is 256 g/mol. The van der Waals surface area contributed by atoms with Crippen molar-refractivity contribution in [2.75, 3.05) is 0 Å². The maximum atomic E-state index is 13.6. The first-order valence-corrected chi connectivity index (χ1v) is 4.72. The Labute approximate surface area is 88.1 Å². The fourth-order valence-corrected chi connectivity index (χ4v) is 1.36. The van der Waals surface area contributed by atoms with E-state index in [2.05, 4.69) is 26.1 Å². The zero-order chi connectivity index (χ0) is 10.1. The second-order valence-electron chi connectivity index (χ2n) is 2.81. The predicted octanol–water partition coefficient (Wildman–Crippen LogP) is 2.95. The lowest BCUT2D eigenvalue weighted by Gasteiger charge is -1.99. The van der Waals surface area contributed by atoms with Gasteiger partial charge in [0.25, 0.3) is 5.89 Å². The molecule has 72 valence electrons. The smallest absolute Gasteiger partial charge is 0.261 e. The molecule has 0 aliphatic rings. The molecular formula is C9H6BrFN2O. The van der Waals surface area contributed by atoms with Crippen molar-refractivity contribution in [1.29, 1.82) is 0 Å². The van der Waals surface area contributed by atoms with Gasteiger partial charge in [0.15, 0.2) is 0 Å². The van der Waals surface area contributed by atoms with Crippen LogP contribution in [-0.4, -0.2) is 10.1 Å². The first kappa shape index (κ1) is 9.33. The summed E-state index contributed by atoms with van der Waals surface area (Å²) in [6.45, 7) is 1.68. The summed E-state index contributed by atoms with van der Waals surface area (Å²) >= 11 is 3.03. The summed E-state index contributed by atoms with van der Waals surface area (Å²) in [5, 5.41) is 3.53. The van der Waals surface area contributed by atoms with Crippen molar-refractivity contribution in [3.05, 3.63) is 34.3 Å². The topological polar surface area (TPSA) is 38.9 Å². The Morgan fingerprint density at radius 3 is 2.86 bits per heavy atom. The van der Waals surface area contributed by atoms with Gasteiger partial charge in [-0.25, -0.2) is 4.39 Å². The number of halogens is 2. The lowest BCUT2D eigenvalue weighted by Crippen LogP contribution is -1.87. The summed E-state index contributed by atoms with van der Waals surface area (Å²) in [5.74, 6) is -0.151. The molecule has 0 saturated heterocycles. The Kier molecular flexibility index (Phi) is 2.33. The number of aromatic nitrogens is 2. The molecule has 1 aromatic heterocycles. The minimum atomic E-state index is -0.330. The average Bonchev–Trinajstić information content (AvgIpc) is 2.57. The Hall–Kier alpha value is -1.23. The predicted molar refractivity (Wildman–Crippen MR) is 52.1 cm³/mol. The summed E-state index contributed by atoms with van der Waals surface area (Å²) < 4.78 is 18.7. The van der Waals surface area contributed by atoms with Gasteiger partial charge in [-0.1, -0.05) is 12.1 Å². The van der Waals surface area contributed by atoms with E-state index in [0.717, 1.165) is 0 Å². The van der Waals surface area contributed by atoms with E-state index < -0.39 is 0 Å². The molecule has 5 heteroatoms. The van der Waals surface area contributed by atoms with Crippen LogP contribution in [0, 0.1) is 12.7 Å². The van der Waals surface area contributed by atoms with Gasteiger partial charge in [-0.15, -0.1) is 0 Å². The molecule has 2 rings (SSSR count). The third-order valence-electron chi connectivity index (χ3n) is 1.82. The van der Waals surface area contributed by atoms with Crippen LogP contribution in [-0.2, 0) is 0 Å². The SMILES string of the molecule is Cc1cccc(-c2nc(Br)no2)c1F. The van der Waals surface area contributed by atoms with Crippen molar-refractivity contribution < 1.29 is 8.91 Å². The zero-order valence-electron chi connectivity index (χ0n) is 7.29. The van der Waals surface area contributed by atoms with Crippen LogP contribution in [0.5, 0.6) is 0 Å². The molecule has 0 unspecified atom stereocenters. The highest BCUT2D eigenvalue weighted by atomic mass is 79.9. The van der Waals surface area contributed by atoms with Crippen LogP contribution in [0.25, 0.3) is 11.5 Å². The summed E-state index contributed by atoms with van der Waals surface area (Å²) in [5.41, 5.74) is 0.875. The number of aryl methyl sites for hydroxylation is 1. The number of nitrogens with zero attached hydrogens (tertiary/aromatic N) is 2. The van der Waals surface area contributed by atoms with E-state index in [-0.39, 0.29) is 11.7 Å². The highest BCUT2D eigenvalue weighted by Gasteiger charge is 2.13. The quantitative estimate of drug-likeness (QED) is 0.788. The Balaban J connectivity index is 2.57. The number of hydrogen-bond donors (Lipinski definition) is 0. The maximum absolute atomic E-state index is 13.6. The van der Waals surface area contributed by atoms with E-state index in [1.807, 2.05) is 0 Å². The molecule has 0 N–H and O–H groups in total. The summed E-state index contributed by atoms with van der Waals surface area (Å²) in [7, 11) is 0. The standard InChI is InChI=1S/C9H6BrFN2O/c1-5-3-2-4-6(7(5)11)8-12-9(10)13-14-8/h2-4H,1H3. The van der Waals surface area contributed by atoms with Crippen LogP contribution in [0.2, 0.25) is 0 Å². The third-order valence-corrected chi connectivity index (χ3v) is 2.15. The molecule has 1 aromatic carbocycles. The summed E-state index contributed by atoms with van der Waals surface area (Å²) in [6, 6.07) is 5.03. The van der Waals surface area contributed by atoms with Gasteiger partial charge in [0.1, 0.15) is 5.82 Å². The first-order chi connectivity index (χ1) is 6.68. The highest BCUT2D eigenvalue weighted by Crippen LogP contribution is 2.23. The molecule has 1 heterocycles. The van der Waals surface area contributed by atoms with E-state index in [1.54, 1.807) is 25.1 Å². The second kappa shape index (κ2) is 3.49. The van der Waals surface area contributed by atoms with Crippen molar-refractivity contribution in [2.45, 2.75) is 6.92 Å². The Bertz CT molecular complexity index is 470. The third kappa shape index (κ3) is 1.55. The van der Waals surface area contributed by atoms with Crippen LogP contribution in [0.1, 0.15) is 5.56 Å². The molecule has 0 spiro atoms. The first-order valence-electron chi connectivity index (χ1n) is 3.93. The molecule has 3 nitrogen and oxygen atoms in total. The normalized spacial score (nSPS) is 10.5. The minimum absolute atomic E-state index is 0.179. The van der Waals surface area contributed by atoms with Crippen LogP contribution < -0.4 is 0 Å². The fourth-order valence-electron chi connectivity index (χ4n) is 1.13. The van der Waals surface area contributed by atoms with Crippen molar-refractivity contribution in [2.24, 2.45) is 0 Å². The van der Waals surface area contributed by atoms with Crippen molar-refractivity contribution in [3.63, 3.8) is 0 Å². The van der Waals surface area contributed by atoms with Crippen molar-refractivity contribution in [1.82, 2.24) is 10.1 Å². The molecule has 0 atom stereocenters. The molecule has 0 amide bonds. The molecule has 0 aliphatic heterocycles. The van der Waals surface area contributed by atoms with E-state index in [4.69, 9.17) is 4.52 Å². The lowest BCUT2D eigenvalue weighted by molar-refractivity contribution is 0.424. The molecule has 0 aliphatic carbocycles. The van der Waals surface area contributed by atoms with Gasteiger partial charge in [0, 0.05) is 0 Å². The molecule has 0 radical (unpaired) electrons. The molecule has 0 saturated carbocycles. The van der Waals surface area contributed by atoms with Crippen LogP contribution in [0.4, 0.5) is 4.39 Å². The fraction of sp³-hybridized carbons (Fsp3) is 0.111. The van der Waals surface area contributed by atoms with Gasteiger partial charge in [-0.3, -0.25) is 0 Å². The number of rotatable bonds is 1. The zero-order valence-corrected chi connectivity index (χ0v) is 8.88. The van der Waals surface area contributed by atoms with Gasteiger partial charge in [0.05, 0.1) is 5.56 Å². The van der Waals surface area contributed by atoms with Crippen LogP contribution >= 0.6 is 15.9 Å². The average molecular weight is 257 g/mol. The lowest BCUT2D eigenvalue weighted by atomic mass is 10.1. The van der Waals surface area contributed by atoms with Gasteiger partial charge in [-0.05, 0) is 39.6 Å². The van der Waals surface area contributed by atoms with E-state index in [1.165, 1.54) is 0 Å². The second-order valence-corrected chi connectivity index (χ2v) is 3.51. The Morgan fingerprint density at radius 2 is 2.21 bits per heavy atom. The van der Waals surface area contributed by atoms with E-state index in [9.17, 15) is 4.39 Å². The van der Waals surface area contributed by atoms with Crippen molar-refractivity contribution in [3.8, 4) is 11.5 Å². The number of benzene rings is 1. The van der Waals surface area contributed by atoms with Gasteiger partial charge < -0.3 is 4.52 Å². The minimum Gasteiger partial charge on any atom is -0.333 e. The van der Waals surface area contributed by atoms with Crippen LogP contribution in [0.3, 0.4) is 0 Å². The Morgan fingerprint density at radius 1 is 1.43 bits per heavy atom. The molecule has 0 bridgehead atoms. The molecule has 2 aromatic rings. The largest absolute Gasteiger partial charge is 0.333 e. The molecule has 0 fully saturated rings. The highest BCUT2D eigenvalue weighted by molar-refractivity contribution is 9.10. The molecule has 14 heavy (non-hydrogen) atoms. The van der Waals surface area contributed by atoms with Gasteiger partial charge in [-0.2, -0.15) is 4.98 Å². The van der Waals surface area contributed by atoms with Crippen molar-refractivity contribution >= 4 is 15.9 Å². The maximum Gasteiger partial charge on any atom is 0.261 e. The summed E-state index contributed by atoms with van der Waals surface area (Å²) in [6.07, 6.45) is 0.